The van der Waals surface area contributed by atoms with Crippen LogP contribution in [0.4, 0.5) is 0 Å². The van der Waals surface area contributed by atoms with Crippen molar-refractivity contribution in [2.24, 2.45) is 5.92 Å². The molecular weight excluding hydrogens is 180 g/mol. The number of ether oxygens (including phenoxy) is 1. The van der Waals surface area contributed by atoms with Crippen LogP contribution < -0.4 is 0 Å². The second kappa shape index (κ2) is 6.02. The standard InChI is InChI=1S/C11H20O3/c1-2-9-4-3-5-10(8-9)14-7-6-11(12)13/h9-10H,2-8H2,1H3,(H,12,13). The third-order valence-electron chi connectivity index (χ3n) is 2.98. The minimum atomic E-state index is -0.771. The molecule has 14 heavy (non-hydrogen) atoms. The molecular formula is C11H20O3. The van der Waals surface area contributed by atoms with Crippen molar-refractivity contribution in [3.8, 4) is 0 Å². The average Bonchev–Trinajstić information content (AvgIpc) is 2.18. The van der Waals surface area contributed by atoms with Crippen molar-refractivity contribution in [1.82, 2.24) is 0 Å². The van der Waals surface area contributed by atoms with E-state index in [9.17, 15) is 4.79 Å². The molecule has 0 heterocycles. The van der Waals surface area contributed by atoms with Gasteiger partial charge in [-0.25, -0.2) is 0 Å². The second-order valence-corrected chi connectivity index (χ2v) is 4.08. The fraction of sp³-hybridized carbons (Fsp3) is 0.909. The molecule has 0 amide bonds. The van der Waals surface area contributed by atoms with E-state index in [0.717, 1.165) is 18.8 Å². The largest absolute Gasteiger partial charge is 0.481 e. The predicted molar refractivity (Wildman–Crippen MR) is 54.2 cm³/mol. The number of hydrogen-bond acceptors (Lipinski definition) is 2. The maximum Gasteiger partial charge on any atom is 0.305 e. The molecule has 1 saturated carbocycles. The van der Waals surface area contributed by atoms with Crippen molar-refractivity contribution in [1.29, 1.82) is 0 Å². The molecule has 0 bridgehead atoms. The molecule has 1 rings (SSSR count). The van der Waals surface area contributed by atoms with E-state index >= 15 is 0 Å². The molecule has 82 valence electrons. The molecule has 3 heteroatoms. The first-order valence-electron chi connectivity index (χ1n) is 5.55. The first-order chi connectivity index (χ1) is 6.72. The predicted octanol–water partition coefficient (Wildman–Crippen LogP) is 2.45. The molecule has 1 N–H and O–H groups in total. The van der Waals surface area contributed by atoms with Crippen molar-refractivity contribution in [2.45, 2.75) is 51.6 Å². The smallest absolute Gasteiger partial charge is 0.305 e. The first-order valence-corrected chi connectivity index (χ1v) is 5.55. The van der Waals surface area contributed by atoms with E-state index in [0.29, 0.717) is 12.7 Å². The van der Waals surface area contributed by atoms with E-state index < -0.39 is 5.97 Å². The summed E-state index contributed by atoms with van der Waals surface area (Å²) in [6.45, 7) is 2.58. The monoisotopic (exact) mass is 200 g/mol. The lowest BCUT2D eigenvalue weighted by Gasteiger charge is -2.28. The molecule has 1 aliphatic carbocycles. The lowest BCUT2D eigenvalue weighted by Crippen LogP contribution is -2.23. The molecule has 1 fully saturated rings. The number of carboxylic acid groups (broad SMARTS) is 1. The van der Waals surface area contributed by atoms with Crippen LogP contribution in [0, 0.1) is 5.92 Å². The van der Waals surface area contributed by atoms with E-state index in [1.165, 1.54) is 19.3 Å². The summed E-state index contributed by atoms with van der Waals surface area (Å²) in [6, 6.07) is 0. The Hall–Kier alpha value is -0.570. The van der Waals surface area contributed by atoms with Crippen molar-refractivity contribution >= 4 is 5.97 Å². The fourth-order valence-electron chi connectivity index (χ4n) is 2.08. The van der Waals surface area contributed by atoms with Crippen LogP contribution in [0.1, 0.15) is 45.4 Å². The zero-order valence-electron chi connectivity index (χ0n) is 8.87. The Bertz CT molecular complexity index is 179. The number of rotatable bonds is 5. The van der Waals surface area contributed by atoms with Crippen LogP contribution in [0.2, 0.25) is 0 Å². The van der Waals surface area contributed by atoms with Gasteiger partial charge in [0.25, 0.3) is 0 Å². The summed E-state index contributed by atoms with van der Waals surface area (Å²) in [5.41, 5.74) is 0. The van der Waals surface area contributed by atoms with Crippen molar-refractivity contribution in [2.75, 3.05) is 6.61 Å². The lowest BCUT2D eigenvalue weighted by atomic mass is 9.85. The molecule has 2 atom stereocenters. The summed E-state index contributed by atoms with van der Waals surface area (Å²) in [7, 11) is 0. The first kappa shape index (κ1) is 11.5. The van der Waals surface area contributed by atoms with Crippen LogP contribution in [0.25, 0.3) is 0 Å². The van der Waals surface area contributed by atoms with Gasteiger partial charge in [-0.05, 0) is 18.8 Å². The Kier molecular flexibility index (Phi) is 4.94. The Labute approximate surface area is 85.5 Å². The van der Waals surface area contributed by atoms with Gasteiger partial charge in [-0.15, -0.1) is 0 Å². The maximum atomic E-state index is 10.3. The molecule has 2 unspecified atom stereocenters. The van der Waals surface area contributed by atoms with Crippen LogP contribution in [0.15, 0.2) is 0 Å². The zero-order valence-corrected chi connectivity index (χ0v) is 8.87. The third kappa shape index (κ3) is 4.09. The Balaban J connectivity index is 2.14. The summed E-state index contributed by atoms with van der Waals surface area (Å²) in [4.78, 5) is 10.3. The highest BCUT2D eigenvalue weighted by atomic mass is 16.5. The Morgan fingerprint density at radius 3 is 2.93 bits per heavy atom. The summed E-state index contributed by atoms with van der Waals surface area (Å²) in [6.07, 6.45) is 6.44. The summed E-state index contributed by atoms with van der Waals surface area (Å²) >= 11 is 0. The highest BCUT2D eigenvalue weighted by Crippen LogP contribution is 2.28. The SMILES string of the molecule is CCC1CCCC(OCCC(=O)O)C1. The van der Waals surface area contributed by atoms with Crippen molar-refractivity contribution < 1.29 is 14.6 Å². The van der Waals surface area contributed by atoms with E-state index in [-0.39, 0.29) is 6.42 Å². The molecule has 0 aromatic rings. The minimum Gasteiger partial charge on any atom is -0.481 e. The van der Waals surface area contributed by atoms with Crippen LogP contribution in [0.3, 0.4) is 0 Å². The van der Waals surface area contributed by atoms with E-state index in [1.807, 2.05) is 0 Å². The number of aliphatic carboxylic acids is 1. The van der Waals surface area contributed by atoms with Crippen LogP contribution in [-0.4, -0.2) is 23.8 Å². The van der Waals surface area contributed by atoms with Gasteiger partial charge in [0.1, 0.15) is 0 Å². The van der Waals surface area contributed by atoms with Gasteiger partial charge in [0.05, 0.1) is 19.1 Å². The van der Waals surface area contributed by atoms with Crippen molar-refractivity contribution in [3.05, 3.63) is 0 Å². The van der Waals surface area contributed by atoms with Gasteiger partial charge in [0, 0.05) is 0 Å². The topological polar surface area (TPSA) is 46.5 Å². The van der Waals surface area contributed by atoms with E-state index in [4.69, 9.17) is 9.84 Å². The van der Waals surface area contributed by atoms with E-state index in [2.05, 4.69) is 6.92 Å². The maximum absolute atomic E-state index is 10.3. The number of hydrogen-bond donors (Lipinski definition) is 1. The lowest BCUT2D eigenvalue weighted by molar-refractivity contribution is -0.138. The summed E-state index contributed by atoms with van der Waals surface area (Å²) < 4.78 is 5.54. The highest BCUT2D eigenvalue weighted by molar-refractivity contribution is 5.66. The average molecular weight is 200 g/mol. The fourth-order valence-corrected chi connectivity index (χ4v) is 2.08. The quantitative estimate of drug-likeness (QED) is 0.741. The molecule has 3 nitrogen and oxygen atoms in total. The molecule has 0 saturated heterocycles. The summed E-state index contributed by atoms with van der Waals surface area (Å²) in [5, 5.41) is 8.46. The number of carboxylic acids is 1. The van der Waals surface area contributed by atoms with Crippen LogP contribution in [0.5, 0.6) is 0 Å². The van der Waals surface area contributed by atoms with Gasteiger partial charge in [0.2, 0.25) is 0 Å². The molecule has 0 aromatic carbocycles. The molecule has 0 spiro atoms. The minimum absolute atomic E-state index is 0.132. The van der Waals surface area contributed by atoms with Gasteiger partial charge in [-0.1, -0.05) is 26.2 Å². The van der Waals surface area contributed by atoms with Crippen LogP contribution >= 0.6 is 0 Å². The van der Waals surface area contributed by atoms with Gasteiger partial charge in [-0.2, -0.15) is 0 Å². The van der Waals surface area contributed by atoms with Gasteiger partial charge < -0.3 is 9.84 Å². The highest BCUT2D eigenvalue weighted by Gasteiger charge is 2.21. The van der Waals surface area contributed by atoms with Crippen LogP contribution in [-0.2, 0) is 9.53 Å². The third-order valence-corrected chi connectivity index (χ3v) is 2.98. The molecule has 0 aliphatic heterocycles. The number of carbonyl (C=O) groups is 1. The Morgan fingerprint density at radius 1 is 1.50 bits per heavy atom. The molecule has 0 radical (unpaired) electrons. The Morgan fingerprint density at radius 2 is 2.29 bits per heavy atom. The molecule has 1 aliphatic rings. The molecule has 0 aromatic heterocycles. The van der Waals surface area contributed by atoms with Crippen molar-refractivity contribution in [3.63, 3.8) is 0 Å². The summed E-state index contributed by atoms with van der Waals surface area (Å²) in [5.74, 6) is 0.0198. The van der Waals surface area contributed by atoms with Gasteiger partial charge in [0.15, 0.2) is 0 Å². The normalized spacial score (nSPS) is 27.5. The van der Waals surface area contributed by atoms with Gasteiger partial charge in [-0.3, -0.25) is 4.79 Å². The van der Waals surface area contributed by atoms with Gasteiger partial charge >= 0.3 is 5.97 Å². The van der Waals surface area contributed by atoms with E-state index in [1.54, 1.807) is 0 Å². The second-order valence-electron chi connectivity index (χ2n) is 4.08. The zero-order chi connectivity index (χ0) is 10.4.